The van der Waals surface area contributed by atoms with Crippen molar-refractivity contribution in [2.24, 2.45) is 5.92 Å². The van der Waals surface area contributed by atoms with Crippen molar-refractivity contribution < 1.29 is 33.4 Å². The largest absolute Gasteiger partial charge is 0.494 e. The van der Waals surface area contributed by atoms with E-state index in [1.807, 2.05) is 55.5 Å². The van der Waals surface area contributed by atoms with Crippen molar-refractivity contribution in [3.8, 4) is 5.75 Å². The molecule has 1 saturated heterocycles. The van der Waals surface area contributed by atoms with Gasteiger partial charge in [0.15, 0.2) is 0 Å². The maximum absolute atomic E-state index is 14.2. The molecule has 12 nitrogen and oxygen atoms in total. The van der Waals surface area contributed by atoms with E-state index >= 15 is 0 Å². The summed E-state index contributed by atoms with van der Waals surface area (Å²) in [6, 6.07) is 20.1. The molecular formula is C43H55N5O7. The van der Waals surface area contributed by atoms with Crippen molar-refractivity contribution in [3.05, 3.63) is 95.1 Å². The van der Waals surface area contributed by atoms with E-state index in [2.05, 4.69) is 21.3 Å². The molecule has 2 unspecified atom stereocenters. The molecule has 3 aromatic carbocycles. The summed E-state index contributed by atoms with van der Waals surface area (Å²) in [7, 11) is 0. The highest BCUT2D eigenvalue weighted by Gasteiger charge is 2.33. The molecule has 2 aliphatic rings. The van der Waals surface area contributed by atoms with E-state index in [4.69, 9.17) is 9.47 Å². The van der Waals surface area contributed by atoms with Crippen LogP contribution >= 0.6 is 0 Å². The zero-order chi connectivity index (χ0) is 39.5. The fraction of sp³-hybridized carbons (Fsp3) is 0.465. The summed E-state index contributed by atoms with van der Waals surface area (Å²) in [5.41, 5.74) is 3.39. The number of amides is 5. The number of benzene rings is 3. The first-order chi connectivity index (χ1) is 26.2. The highest BCUT2D eigenvalue weighted by atomic mass is 16.6. The number of ether oxygens (including phenoxy) is 2. The molecule has 1 fully saturated rings. The Morgan fingerprint density at radius 3 is 2.45 bits per heavy atom. The van der Waals surface area contributed by atoms with Crippen LogP contribution in [0.25, 0.3) is 0 Å². The third-order valence-corrected chi connectivity index (χ3v) is 10.1. The summed E-state index contributed by atoms with van der Waals surface area (Å²) in [5.74, 6) is -1.45. The van der Waals surface area contributed by atoms with Crippen LogP contribution in [0.4, 0.5) is 10.5 Å². The highest BCUT2D eigenvalue weighted by Crippen LogP contribution is 2.24. The molecule has 3 aromatic rings. The van der Waals surface area contributed by atoms with E-state index in [9.17, 15) is 24.0 Å². The number of nitrogens with zero attached hydrogens (tertiary/aromatic N) is 1. The van der Waals surface area contributed by atoms with Crippen molar-refractivity contribution in [2.45, 2.75) is 103 Å². The molecule has 5 rings (SSSR count). The Kier molecular flexibility index (Phi) is 13.9. The summed E-state index contributed by atoms with van der Waals surface area (Å²) in [6.07, 6.45) is 2.51. The van der Waals surface area contributed by atoms with E-state index in [1.165, 1.54) is 0 Å². The maximum atomic E-state index is 14.2. The molecule has 4 N–H and O–H groups in total. The molecule has 12 heteroatoms. The third kappa shape index (κ3) is 12.3. The quantitative estimate of drug-likeness (QED) is 0.239. The first-order valence-corrected chi connectivity index (χ1v) is 19.3. The average molecular weight is 754 g/mol. The Hall–Kier alpha value is -5.39. The van der Waals surface area contributed by atoms with Crippen LogP contribution in [0.2, 0.25) is 0 Å². The first-order valence-electron chi connectivity index (χ1n) is 19.3. The van der Waals surface area contributed by atoms with Crippen molar-refractivity contribution >= 4 is 35.4 Å². The number of aryl methyl sites for hydroxylation is 2. The zero-order valence-electron chi connectivity index (χ0n) is 32.6. The highest BCUT2D eigenvalue weighted by molar-refractivity contribution is 5.96. The minimum Gasteiger partial charge on any atom is -0.494 e. The number of fused-ring (bicyclic) bond motifs is 4. The number of rotatable bonds is 7. The van der Waals surface area contributed by atoms with Gasteiger partial charge in [0.25, 0.3) is 0 Å². The number of carbonyl (C=O) groups is 5. The fourth-order valence-electron chi connectivity index (χ4n) is 6.84. The van der Waals surface area contributed by atoms with Crippen molar-refractivity contribution in [2.75, 3.05) is 25.0 Å². The van der Waals surface area contributed by atoms with Gasteiger partial charge in [0.2, 0.25) is 23.6 Å². The Bertz CT molecular complexity index is 1810. The fourth-order valence-corrected chi connectivity index (χ4v) is 6.84. The lowest BCUT2D eigenvalue weighted by atomic mass is 9.94. The molecule has 0 aliphatic carbocycles. The average Bonchev–Trinajstić information content (AvgIpc) is 3.15. The van der Waals surface area contributed by atoms with E-state index in [0.717, 1.165) is 41.7 Å². The Morgan fingerprint density at radius 1 is 0.982 bits per heavy atom. The predicted molar refractivity (Wildman–Crippen MR) is 210 cm³/mol. The molecule has 2 aliphatic heterocycles. The van der Waals surface area contributed by atoms with Crippen LogP contribution in [-0.4, -0.2) is 72.0 Å². The van der Waals surface area contributed by atoms with Crippen molar-refractivity contribution in [1.82, 2.24) is 20.9 Å². The standard InChI is InChI=1S/C43H55N5O7/c1-28-13-19-35-24-33(28)26-44-40(51)36(20-14-30-10-7-6-8-11-30)46-41(52)37(25-38(49)48-22-9-12-31(27-48)21-23-54-35)47-39(50)29(2)32-15-17-34(18-16-32)45-42(53)55-43(3,4)5/h6-8,10-11,13,15-19,24,29,31,36-37H,9,12,14,20-23,25-27H2,1-5H3,(H,44,51)(H,45,53)(H,46,52)(H,47,50)/t29?,31?,36-,37-/m0/s1. The number of hydrogen-bond donors (Lipinski definition) is 4. The van der Waals surface area contributed by atoms with Gasteiger partial charge in [-0.25, -0.2) is 4.79 Å². The van der Waals surface area contributed by atoms with Crippen LogP contribution < -0.4 is 26.0 Å². The number of nitrogens with one attached hydrogen (secondary N) is 4. The van der Waals surface area contributed by atoms with Crippen LogP contribution in [0.15, 0.2) is 72.8 Å². The smallest absolute Gasteiger partial charge is 0.412 e. The molecular weight excluding hydrogens is 699 g/mol. The van der Waals surface area contributed by atoms with Gasteiger partial charge in [-0.2, -0.15) is 0 Å². The summed E-state index contributed by atoms with van der Waals surface area (Å²) >= 11 is 0. The van der Waals surface area contributed by atoms with Crippen molar-refractivity contribution in [3.63, 3.8) is 0 Å². The molecule has 4 bridgehead atoms. The first kappa shape index (κ1) is 40.8. The monoisotopic (exact) mass is 753 g/mol. The number of piperidine rings is 1. The minimum absolute atomic E-state index is 0.234. The topological polar surface area (TPSA) is 155 Å². The number of anilines is 1. The Balaban J connectivity index is 1.37. The summed E-state index contributed by atoms with van der Waals surface area (Å²) in [5, 5.41) is 11.4. The van der Waals surface area contributed by atoms with E-state index in [-0.39, 0.29) is 30.7 Å². The van der Waals surface area contributed by atoms with E-state index < -0.39 is 41.5 Å². The number of hydrogen-bond acceptors (Lipinski definition) is 7. The third-order valence-electron chi connectivity index (χ3n) is 10.1. The second-order valence-corrected chi connectivity index (χ2v) is 15.6. The molecule has 0 aromatic heterocycles. The summed E-state index contributed by atoms with van der Waals surface area (Å²) in [6.45, 7) is 10.8. The van der Waals surface area contributed by atoms with Crippen LogP contribution in [0.3, 0.4) is 0 Å². The normalized spacial score (nSPS) is 20.4. The van der Waals surface area contributed by atoms with Gasteiger partial charge in [0.1, 0.15) is 23.4 Å². The summed E-state index contributed by atoms with van der Waals surface area (Å²) < 4.78 is 11.5. The van der Waals surface area contributed by atoms with Crippen molar-refractivity contribution in [1.29, 1.82) is 0 Å². The van der Waals surface area contributed by atoms with Gasteiger partial charge in [-0.1, -0.05) is 48.5 Å². The van der Waals surface area contributed by atoms with Gasteiger partial charge in [-0.3, -0.25) is 24.5 Å². The SMILES string of the molecule is Cc1ccc2cc1CNC(=O)[C@H](CCc1ccccc1)NC(=O)[C@@H](NC(=O)C(C)c1ccc(NC(=O)OC(C)(C)C)cc1)CC(=O)N1CCCC(CCO2)C1. The zero-order valence-corrected chi connectivity index (χ0v) is 32.6. The molecule has 0 saturated carbocycles. The Labute approximate surface area is 324 Å². The second kappa shape index (κ2) is 18.8. The molecule has 55 heavy (non-hydrogen) atoms. The van der Waals surface area contributed by atoms with Gasteiger partial charge in [-0.05, 0) is 119 Å². The van der Waals surface area contributed by atoms with Gasteiger partial charge >= 0.3 is 6.09 Å². The van der Waals surface area contributed by atoms with Gasteiger partial charge < -0.3 is 30.3 Å². The van der Waals surface area contributed by atoms with Crippen LogP contribution in [0.5, 0.6) is 5.75 Å². The predicted octanol–water partition coefficient (Wildman–Crippen LogP) is 5.78. The molecule has 294 valence electrons. The lowest BCUT2D eigenvalue weighted by Gasteiger charge is -2.34. The van der Waals surface area contributed by atoms with E-state index in [1.54, 1.807) is 56.9 Å². The molecule has 0 spiro atoms. The molecule has 4 atom stereocenters. The summed E-state index contributed by atoms with van der Waals surface area (Å²) in [4.78, 5) is 69.7. The van der Waals surface area contributed by atoms with Crippen LogP contribution in [0, 0.1) is 12.8 Å². The molecule has 0 radical (unpaired) electrons. The molecule has 2 heterocycles. The lowest BCUT2D eigenvalue weighted by molar-refractivity contribution is -0.138. The maximum Gasteiger partial charge on any atom is 0.412 e. The van der Waals surface area contributed by atoms with Gasteiger partial charge in [0, 0.05) is 25.3 Å². The second-order valence-electron chi connectivity index (χ2n) is 15.6. The van der Waals surface area contributed by atoms with Crippen LogP contribution in [0.1, 0.15) is 88.0 Å². The number of carbonyl (C=O) groups excluding carboxylic acids is 5. The van der Waals surface area contributed by atoms with Crippen LogP contribution in [-0.2, 0) is 36.9 Å². The minimum atomic E-state index is -1.23. The lowest BCUT2D eigenvalue weighted by Crippen LogP contribution is -2.55. The van der Waals surface area contributed by atoms with Gasteiger partial charge in [-0.15, -0.1) is 0 Å². The Morgan fingerprint density at radius 2 is 1.73 bits per heavy atom. The van der Waals surface area contributed by atoms with E-state index in [0.29, 0.717) is 43.8 Å². The molecule has 5 amide bonds. The van der Waals surface area contributed by atoms with Gasteiger partial charge in [0.05, 0.1) is 18.9 Å².